The molecule has 29 heavy (non-hydrogen) atoms. The van der Waals surface area contributed by atoms with Gasteiger partial charge in [-0.25, -0.2) is 9.50 Å². The molecule has 0 fully saturated rings. The maximum Gasteiger partial charge on any atom is 0.274 e. The van der Waals surface area contributed by atoms with E-state index in [9.17, 15) is 4.79 Å². The summed E-state index contributed by atoms with van der Waals surface area (Å²) in [7, 11) is 3.70. The molecule has 0 radical (unpaired) electrons. The highest BCUT2D eigenvalue weighted by Crippen LogP contribution is 2.23. The summed E-state index contributed by atoms with van der Waals surface area (Å²) in [6.07, 6.45) is 6.78. The summed E-state index contributed by atoms with van der Waals surface area (Å²) >= 11 is 0. The Morgan fingerprint density at radius 1 is 1.34 bits per heavy atom. The SMILES string of the molecule is Cc1c(-c2ccnc3cc(C(=O)N(C)C(C)CCc4ccco4)nn23)cnn1C. The molecule has 1 unspecified atom stereocenters. The Morgan fingerprint density at radius 2 is 2.17 bits per heavy atom. The minimum Gasteiger partial charge on any atom is -0.469 e. The number of hydrogen-bond donors (Lipinski definition) is 0. The Kier molecular flexibility index (Phi) is 4.92. The van der Waals surface area contributed by atoms with E-state index in [-0.39, 0.29) is 11.9 Å². The van der Waals surface area contributed by atoms with E-state index in [4.69, 9.17) is 4.42 Å². The van der Waals surface area contributed by atoms with Crippen LogP contribution in [0.5, 0.6) is 0 Å². The quantitative estimate of drug-likeness (QED) is 0.504. The number of nitrogens with zero attached hydrogens (tertiary/aromatic N) is 6. The van der Waals surface area contributed by atoms with E-state index >= 15 is 0 Å². The molecular weight excluding hydrogens is 368 g/mol. The van der Waals surface area contributed by atoms with Gasteiger partial charge in [0.25, 0.3) is 5.91 Å². The van der Waals surface area contributed by atoms with E-state index in [1.807, 2.05) is 43.8 Å². The molecule has 0 saturated carbocycles. The Balaban J connectivity index is 1.58. The first-order valence-electron chi connectivity index (χ1n) is 9.59. The fraction of sp³-hybridized carbons (Fsp3) is 0.333. The molecular formula is C21H24N6O2. The number of fused-ring (bicyclic) bond motifs is 1. The summed E-state index contributed by atoms with van der Waals surface area (Å²) < 4.78 is 8.90. The highest BCUT2D eigenvalue weighted by molar-refractivity contribution is 5.93. The molecule has 8 nitrogen and oxygen atoms in total. The molecule has 4 rings (SSSR count). The van der Waals surface area contributed by atoms with Gasteiger partial charge in [-0.3, -0.25) is 9.48 Å². The van der Waals surface area contributed by atoms with Gasteiger partial charge < -0.3 is 9.32 Å². The van der Waals surface area contributed by atoms with Crippen LogP contribution in [0.3, 0.4) is 0 Å². The number of carbonyl (C=O) groups excluding carboxylic acids is 1. The second-order valence-corrected chi connectivity index (χ2v) is 7.28. The van der Waals surface area contributed by atoms with Crippen molar-refractivity contribution in [1.29, 1.82) is 0 Å². The molecule has 0 aromatic carbocycles. The molecule has 0 bridgehead atoms. The zero-order valence-corrected chi connectivity index (χ0v) is 17.0. The van der Waals surface area contributed by atoms with Gasteiger partial charge in [0.05, 0.1) is 18.2 Å². The van der Waals surface area contributed by atoms with E-state index < -0.39 is 0 Å². The fourth-order valence-corrected chi connectivity index (χ4v) is 3.33. The third-order valence-corrected chi connectivity index (χ3v) is 5.46. The normalized spacial score (nSPS) is 12.4. The number of rotatable bonds is 6. The number of amides is 1. The summed E-state index contributed by atoms with van der Waals surface area (Å²) in [4.78, 5) is 19.1. The lowest BCUT2D eigenvalue weighted by molar-refractivity contribution is 0.0730. The van der Waals surface area contributed by atoms with Gasteiger partial charge in [-0.05, 0) is 38.5 Å². The standard InChI is InChI=1S/C21H24N6O2/c1-14(7-8-16-6-5-11-29-16)25(3)21(28)18-12-20-22-10-9-19(27(20)24-18)17-13-23-26(4)15(17)2/h5-6,9-14H,7-8H2,1-4H3. The van der Waals surface area contributed by atoms with E-state index in [2.05, 4.69) is 15.2 Å². The van der Waals surface area contributed by atoms with Crippen molar-refractivity contribution < 1.29 is 9.21 Å². The predicted octanol–water partition coefficient (Wildman–Crippen LogP) is 3.12. The number of furan rings is 1. The molecule has 150 valence electrons. The van der Waals surface area contributed by atoms with E-state index in [1.54, 1.807) is 41.2 Å². The third kappa shape index (κ3) is 3.53. The Morgan fingerprint density at radius 3 is 2.86 bits per heavy atom. The zero-order chi connectivity index (χ0) is 20.5. The molecule has 0 aliphatic heterocycles. The van der Waals surface area contributed by atoms with Crippen molar-refractivity contribution in [3.05, 3.63) is 60.1 Å². The number of hydrogen-bond acceptors (Lipinski definition) is 5. The predicted molar refractivity (Wildman–Crippen MR) is 109 cm³/mol. The topological polar surface area (TPSA) is 81.5 Å². The monoisotopic (exact) mass is 392 g/mol. The molecule has 4 aromatic heterocycles. The minimum absolute atomic E-state index is 0.0467. The van der Waals surface area contributed by atoms with Crippen LogP contribution < -0.4 is 0 Å². The van der Waals surface area contributed by atoms with Crippen LogP contribution in [0.25, 0.3) is 16.9 Å². The lowest BCUT2D eigenvalue weighted by Gasteiger charge is -2.23. The minimum atomic E-state index is -0.128. The van der Waals surface area contributed by atoms with Crippen molar-refractivity contribution in [3.8, 4) is 11.3 Å². The van der Waals surface area contributed by atoms with E-state index in [0.29, 0.717) is 11.3 Å². The first-order valence-corrected chi connectivity index (χ1v) is 9.59. The van der Waals surface area contributed by atoms with Crippen molar-refractivity contribution in [2.75, 3.05) is 7.05 Å². The third-order valence-electron chi connectivity index (χ3n) is 5.46. The van der Waals surface area contributed by atoms with Crippen molar-refractivity contribution in [1.82, 2.24) is 29.3 Å². The fourth-order valence-electron chi connectivity index (χ4n) is 3.33. The molecule has 4 heterocycles. The van der Waals surface area contributed by atoms with Crippen molar-refractivity contribution in [2.24, 2.45) is 7.05 Å². The summed E-state index contributed by atoms with van der Waals surface area (Å²) in [6.45, 7) is 4.03. The van der Waals surface area contributed by atoms with Crippen molar-refractivity contribution >= 4 is 11.6 Å². The van der Waals surface area contributed by atoms with Gasteiger partial charge in [0.2, 0.25) is 0 Å². The first-order chi connectivity index (χ1) is 14.0. The summed E-state index contributed by atoms with van der Waals surface area (Å²) in [5, 5.41) is 8.87. The second kappa shape index (κ2) is 7.54. The smallest absolute Gasteiger partial charge is 0.274 e. The van der Waals surface area contributed by atoms with Gasteiger partial charge in [-0.2, -0.15) is 10.2 Å². The molecule has 4 aromatic rings. The van der Waals surface area contributed by atoms with Crippen LogP contribution in [0.15, 0.2) is 47.3 Å². The van der Waals surface area contributed by atoms with Gasteiger partial charge >= 0.3 is 0 Å². The van der Waals surface area contributed by atoms with Crippen LogP contribution in [0.1, 0.15) is 35.3 Å². The molecule has 0 aliphatic rings. The Bertz CT molecular complexity index is 1140. The highest BCUT2D eigenvalue weighted by atomic mass is 16.3. The Labute approximate surface area is 168 Å². The van der Waals surface area contributed by atoms with Crippen molar-refractivity contribution in [2.45, 2.75) is 32.7 Å². The molecule has 0 saturated heterocycles. The number of aryl methyl sites for hydroxylation is 2. The van der Waals surface area contributed by atoms with Gasteiger partial charge in [0.1, 0.15) is 5.76 Å². The maximum atomic E-state index is 13.0. The zero-order valence-electron chi connectivity index (χ0n) is 17.0. The molecule has 1 atom stereocenters. The molecule has 1 amide bonds. The first kappa shape index (κ1) is 18.9. The van der Waals surface area contributed by atoms with Crippen molar-refractivity contribution in [3.63, 3.8) is 0 Å². The Hall–Kier alpha value is -3.42. The number of carbonyl (C=O) groups is 1. The van der Waals surface area contributed by atoms with Crippen LogP contribution >= 0.6 is 0 Å². The average Bonchev–Trinajstić information content (AvgIpc) is 3.46. The number of aromatic nitrogens is 5. The summed E-state index contributed by atoms with van der Waals surface area (Å²) in [5.41, 5.74) is 3.84. The highest BCUT2D eigenvalue weighted by Gasteiger charge is 2.22. The van der Waals surface area contributed by atoms with E-state index in [0.717, 1.165) is 35.6 Å². The van der Waals surface area contributed by atoms with Gasteiger partial charge in [-0.15, -0.1) is 0 Å². The van der Waals surface area contributed by atoms with Crippen LogP contribution in [0.2, 0.25) is 0 Å². The maximum absolute atomic E-state index is 13.0. The average molecular weight is 392 g/mol. The van der Waals surface area contributed by atoms with Crippen LogP contribution in [0, 0.1) is 6.92 Å². The van der Waals surface area contributed by atoms with Gasteiger partial charge in [0.15, 0.2) is 11.3 Å². The summed E-state index contributed by atoms with van der Waals surface area (Å²) in [6, 6.07) is 7.48. The van der Waals surface area contributed by atoms with E-state index in [1.165, 1.54) is 0 Å². The molecule has 0 aliphatic carbocycles. The second-order valence-electron chi connectivity index (χ2n) is 7.28. The van der Waals surface area contributed by atoms with Crippen LogP contribution in [-0.4, -0.2) is 48.3 Å². The largest absolute Gasteiger partial charge is 0.469 e. The molecule has 0 spiro atoms. The lowest BCUT2D eigenvalue weighted by Crippen LogP contribution is -2.35. The van der Waals surface area contributed by atoms with Gasteiger partial charge in [0, 0.05) is 50.1 Å². The molecule has 0 N–H and O–H groups in total. The summed E-state index contributed by atoms with van der Waals surface area (Å²) in [5.74, 6) is 0.794. The lowest BCUT2D eigenvalue weighted by atomic mass is 10.1. The van der Waals surface area contributed by atoms with Crippen LogP contribution in [-0.2, 0) is 13.5 Å². The van der Waals surface area contributed by atoms with Crippen LogP contribution in [0.4, 0.5) is 0 Å². The molecule has 8 heteroatoms. The van der Waals surface area contributed by atoms with Gasteiger partial charge in [-0.1, -0.05) is 0 Å².